The fourth-order valence-corrected chi connectivity index (χ4v) is 1.34. The molecule has 0 spiro atoms. The maximum Gasteiger partial charge on any atom is 0.107 e. The first-order valence-corrected chi connectivity index (χ1v) is 4.02. The van der Waals surface area contributed by atoms with Crippen molar-refractivity contribution in [3.8, 4) is 0 Å². The van der Waals surface area contributed by atoms with Gasteiger partial charge in [0.15, 0.2) is 0 Å². The van der Waals surface area contributed by atoms with Gasteiger partial charge in [0.1, 0.15) is 6.10 Å². The van der Waals surface area contributed by atoms with Crippen LogP contribution in [0.5, 0.6) is 0 Å². The van der Waals surface area contributed by atoms with Gasteiger partial charge in [-0.05, 0) is 0 Å². The third-order valence-electron chi connectivity index (χ3n) is 2.22. The summed E-state index contributed by atoms with van der Waals surface area (Å²) in [6.07, 6.45) is -3.19. The van der Waals surface area contributed by atoms with Crippen molar-refractivity contribution in [1.82, 2.24) is 5.32 Å². The third-order valence-corrected chi connectivity index (χ3v) is 2.22. The molecule has 0 amide bonds. The number of aliphatic hydroxyl groups excluding tert-OH is 4. The summed E-state index contributed by atoms with van der Waals surface area (Å²) in [5.74, 6) is -0.405. The summed E-state index contributed by atoms with van der Waals surface area (Å²) in [6, 6.07) is 0. The van der Waals surface area contributed by atoms with Crippen LogP contribution in [0.1, 0.15) is 0 Å². The fraction of sp³-hybridized carbons (Fsp3) is 1.00. The van der Waals surface area contributed by atoms with E-state index in [-0.39, 0.29) is 25.6 Å². The Labute approximate surface area is 82.8 Å². The van der Waals surface area contributed by atoms with E-state index < -0.39 is 24.2 Å². The van der Waals surface area contributed by atoms with Gasteiger partial charge in [-0.25, -0.2) is 0 Å². The minimum absolute atomic E-state index is 0. The molecule has 0 radical (unpaired) electrons. The molecule has 4 atom stereocenters. The second kappa shape index (κ2) is 5.74. The lowest BCUT2D eigenvalue weighted by Crippen LogP contribution is -2.42. The Bertz CT molecular complexity index is 146. The highest BCUT2D eigenvalue weighted by Gasteiger charge is 2.33. The molecule has 0 aliphatic carbocycles. The maximum absolute atomic E-state index is 9.38. The molecular weight excluding hydrogens is 198 g/mol. The van der Waals surface area contributed by atoms with Crippen LogP contribution in [-0.4, -0.2) is 58.4 Å². The molecule has 1 fully saturated rings. The lowest BCUT2D eigenvalue weighted by molar-refractivity contribution is -0.0743. The molecule has 1 aliphatic heterocycles. The van der Waals surface area contributed by atoms with Crippen molar-refractivity contribution in [2.45, 2.75) is 18.3 Å². The maximum atomic E-state index is 9.38. The van der Waals surface area contributed by atoms with Gasteiger partial charge >= 0.3 is 0 Å². The van der Waals surface area contributed by atoms with E-state index in [2.05, 4.69) is 5.32 Å². The quantitative estimate of drug-likeness (QED) is 0.338. The first kappa shape index (κ1) is 13.1. The van der Waals surface area contributed by atoms with Gasteiger partial charge in [-0.3, -0.25) is 0 Å². The van der Waals surface area contributed by atoms with Crippen LogP contribution in [0.3, 0.4) is 0 Å². The Kier molecular flexibility index (Phi) is 5.78. The predicted octanol–water partition coefficient (Wildman–Crippen LogP) is -2.30. The van der Waals surface area contributed by atoms with Crippen molar-refractivity contribution < 1.29 is 20.4 Å². The molecule has 0 saturated carbocycles. The summed E-state index contributed by atoms with van der Waals surface area (Å²) in [5, 5.41) is 39.5. The van der Waals surface area contributed by atoms with Crippen LogP contribution in [0.15, 0.2) is 0 Å². The molecule has 0 bridgehead atoms. The second-order valence-electron chi connectivity index (χ2n) is 3.15. The molecule has 80 valence electrons. The van der Waals surface area contributed by atoms with Gasteiger partial charge in [0.2, 0.25) is 0 Å². The molecule has 13 heavy (non-hydrogen) atoms. The van der Waals surface area contributed by atoms with E-state index in [1.54, 1.807) is 0 Å². The fourth-order valence-electron chi connectivity index (χ4n) is 1.34. The van der Waals surface area contributed by atoms with E-state index in [1.165, 1.54) is 0 Å². The molecule has 1 aliphatic rings. The van der Waals surface area contributed by atoms with Gasteiger partial charge in [-0.2, -0.15) is 0 Å². The first-order chi connectivity index (χ1) is 5.66. The number of hydrogen-bond donors (Lipinski definition) is 5. The molecule has 1 rings (SSSR count). The van der Waals surface area contributed by atoms with Crippen molar-refractivity contribution in [2.24, 2.45) is 5.92 Å². The van der Waals surface area contributed by atoms with Crippen LogP contribution in [0, 0.1) is 5.92 Å². The molecule has 5 N–H and O–H groups in total. The minimum atomic E-state index is -1.17. The van der Waals surface area contributed by atoms with Gasteiger partial charge in [-0.15, -0.1) is 12.4 Å². The number of halogens is 1. The zero-order valence-electron chi connectivity index (χ0n) is 7.13. The summed E-state index contributed by atoms with van der Waals surface area (Å²) in [7, 11) is 0. The van der Waals surface area contributed by atoms with Crippen molar-refractivity contribution in [1.29, 1.82) is 0 Å². The van der Waals surface area contributed by atoms with Crippen molar-refractivity contribution >= 4 is 12.4 Å². The zero-order chi connectivity index (χ0) is 9.14. The van der Waals surface area contributed by atoms with Crippen LogP contribution in [-0.2, 0) is 0 Å². The van der Waals surface area contributed by atoms with Gasteiger partial charge in [0.25, 0.3) is 0 Å². The van der Waals surface area contributed by atoms with E-state index in [0.717, 1.165) is 0 Å². The highest BCUT2D eigenvalue weighted by atomic mass is 35.5. The Morgan fingerprint density at radius 2 is 1.69 bits per heavy atom. The lowest BCUT2D eigenvalue weighted by atomic mass is 9.97. The zero-order valence-corrected chi connectivity index (χ0v) is 7.94. The van der Waals surface area contributed by atoms with Crippen molar-refractivity contribution in [3.05, 3.63) is 0 Å². The topological polar surface area (TPSA) is 93.0 Å². The van der Waals surface area contributed by atoms with Crippen LogP contribution >= 0.6 is 12.4 Å². The summed E-state index contributed by atoms with van der Waals surface area (Å²) >= 11 is 0. The first-order valence-electron chi connectivity index (χ1n) is 4.02. The molecule has 1 saturated heterocycles. The average Bonchev–Trinajstić information content (AvgIpc) is 2.19. The normalized spacial score (nSPS) is 40.6. The number of hydrogen-bond acceptors (Lipinski definition) is 5. The Morgan fingerprint density at radius 3 is 2.23 bits per heavy atom. The molecule has 0 aromatic rings. The molecule has 0 aromatic carbocycles. The van der Waals surface area contributed by atoms with Gasteiger partial charge in [0.05, 0.1) is 12.2 Å². The SMILES string of the molecule is Cl.OC[C@H]1CNC[C@@H](O)[C@@H](O)[C@@H]1O. The molecule has 0 unspecified atom stereocenters. The Balaban J connectivity index is 0.00000144. The van der Waals surface area contributed by atoms with E-state index in [0.29, 0.717) is 6.54 Å². The number of β-amino-alcohol motifs (C(OH)–C–C–N with tert-alkyl or cyclic N) is 1. The molecule has 5 nitrogen and oxygen atoms in total. The second-order valence-corrected chi connectivity index (χ2v) is 3.15. The van der Waals surface area contributed by atoms with E-state index >= 15 is 0 Å². The molecular formula is C7H16ClNO4. The minimum Gasteiger partial charge on any atom is -0.396 e. The van der Waals surface area contributed by atoms with Gasteiger partial charge < -0.3 is 25.7 Å². The van der Waals surface area contributed by atoms with E-state index in [1.807, 2.05) is 0 Å². The van der Waals surface area contributed by atoms with Crippen LogP contribution in [0.2, 0.25) is 0 Å². The monoisotopic (exact) mass is 213 g/mol. The van der Waals surface area contributed by atoms with Crippen molar-refractivity contribution in [2.75, 3.05) is 19.7 Å². The summed E-state index contributed by atoms with van der Waals surface area (Å²) in [4.78, 5) is 0. The smallest absolute Gasteiger partial charge is 0.107 e. The van der Waals surface area contributed by atoms with Gasteiger partial charge in [-0.1, -0.05) is 0 Å². The molecule has 6 heteroatoms. The van der Waals surface area contributed by atoms with E-state index in [9.17, 15) is 15.3 Å². The molecule has 1 heterocycles. The number of rotatable bonds is 1. The summed E-state index contributed by atoms with van der Waals surface area (Å²) < 4.78 is 0. The predicted molar refractivity (Wildman–Crippen MR) is 48.7 cm³/mol. The highest BCUT2D eigenvalue weighted by Crippen LogP contribution is 2.12. The number of nitrogens with one attached hydrogen (secondary N) is 1. The van der Waals surface area contributed by atoms with Crippen LogP contribution in [0.4, 0.5) is 0 Å². The Hall–Kier alpha value is 0.0900. The highest BCUT2D eigenvalue weighted by molar-refractivity contribution is 5.85. The summed E-state index contributed by atoms with van der Waals surface area (Å²) in [5.41, 5.74) is 0. The largest absolute Gasteiger partial charge is 0.396 e. The van der Waals surface area contributed by atoms with Crippen molar-refractivity contribution in [3.63, 3.8) is 0 Å². The third kappa shape index (κ3) is 3.05. The van der Waals surface area contributed by atoms with Crippen LogP contribution < -0.4 is 5.32 Å². The molecule has 0 aromatic heterocycles. The van der Waals surface area contributed by atoms with Gasteiger partial charge in [0, 0.05) is 25.6 Å². The summed E-state index contributed by atoms with van der Waals surface area (Å²) in [6.45, 7) is 0.457. The average molecular weight is 214 g/mol. The Morgan fingerprint density at radius 1 is 1.08 bits per heavy atom. The van der Waals surface area contributed by atoms with Crippen LogP contribution in [0.25, 0.3) is 0 Å². The lowest BCUT2D eigenvalue weighted by Gasteiger charge is -2.23. The van der Waals surface area contributed by atoms with E-state index in [4.69, 9.17) is 5.11 Å². The number of aliphatic hydroxyl groups is 4. The standard InChI is InChI=1S/C7H15NO4.ClH/c9-3-4-1-8-2-5(10)7(12)6(4)11;/h4-12H,1-3H2;1H/t4-,5-,6-,7-;/m1./s1.